The highest BCUT2D eigenvalue weighted by Crippen LogP contribution is 2.26. The fourth-order valence-corrected chi connectivity index (χ4v) is 2.43. The summed E-state index contributed by atoms with van der Waals surface area (Å²) < 4.78 is 1.70. The maximum Gasteiger partial charge on any atom is 0.251 e. The van der Waals surface area contributed by atoms with Gasteiger partial charge in [-0.25, -0.2) is 0 Å². The van der Waals surface area contributed by atoms with Crippen molar-refractivity contribution in [3.8, 4) is 0 Å². The van der Waals surface area contributed by atoms with Gasteiger partial charge in [-0.3, -0.25) is 4.79 Å². The van der Waals surface area contributed by atoms with Crippen molar-refractivity contribution in [2.45, 2.75) is 6.92 Å². The van der Waals surface area contributed by atoms with Crippen LogP contribution in [-0.2, 0) is 7.05 Å². The Morgan fingerprint density at radius 2 is 1.82 bits per heavy atom. The van der Waals surface area contributed by atoms with Gasteiger partial charge in [0.1, 0.15) is 0 Å². The molecule has 2 heteroatoms. The molecule has 0 fully saturated rings. The van der Waals surface area contributed by atoms with Crippen molar-refractivity contribution in [1.82, 2.24) is 4.57 Å². The lowest BCUT2D eigenvalue weighted by atomic mass is 10.0. The van der Waals surface area contributed by atoms with Gasteiger partial charge in [-0.1, -0.05) is 30.3 Å². The van der Waals surface area contributed by atoms with E-state index in [1.165, 1.54) is 16.2 Å². The lowest BCUT2D eigenvalue weighted by Gasteiger charge is -2.10. The summed E-state index contributed by atoms with van der Waals surface area (Å²) in [7, 11) is 1.82. The van der Waals surface area contributed by atoms with Crippen LogP contribution in [0.3, 0.4) is 0 Å². The first-order chi connectivity index (χ1) is 8.18. The second kappa shape index (κ2) is 3.45. The molecule has 0 atom stereocenters. The average molecular weight is 223 g/mol. The van der Waals surface area contributed by atoms with Crippen molar-refractivity contribution in [2.24, 2.45) is 7.05 Å². The van der Waals surface area contributed by atoms with Crippen molar-refractivity contribution in [3.63, 3.8) is 0 Å². The highest BCUT2D eigenvalue weighted by Gasteiger charge is 2.06. The number of hydrogen-bond acceptors (Lipinski definition) is 1. The van der Waals surface area contributed by atoms with Gasteiger partial charge in [-0.15, -0.1) is 0 Å². The van der Waals surface area contributed by atoms with E-state index in [1.807, 2.05) is 32.2 Å². The molecule has 0 aliphatic heterocycles. The monoisotopic (exact) mass is 223 g/mol. The van der Waals surface area contributed by atoms with Gasteiger partial charge in [0.15, 0.2) is 0 Å². The molecule has 0 N–H and O–H groups in total. The molecule has 0 saturated heterocycles. The molecule has 0 aliphatic carbocycles. The van der Waals surface area contributed by atoms with Gasteiger partial charge in [0, 0.05) is 18.5 Å². The predicted octanol–water partition coefficient (Wildman–Crippen LogP) is 3.00. The molecule has 17 heavy (non-hydrogen) atoms. The van der Waals surface area contributed by atoms with Crippen LogP contribution in [0.4, 0.5) is 0 Å². The molecule has 1 aromatic heterocycles. The summed E-state index contributed by atoms with van der Waals surface area (Å²) in [5.41, 5.74) is 2.08. The Kier molecular flexibility index (Phi) is 2.05. The predicted molar refractivity (Wildman–Crippen MR) is 71.4 cm³/mol. The number of aromatic nitrogens is 1. The third-order valence-electron chi connectivity index (χ3n) is 3.33. The van der Waals surface area contributed by atoms with Crippen LogP contribution < -0.4 is 5.56 Å². The summed E-state index contributed by atoms with van der Waals surface area (Å²) in [4.78, 5) is 11.8. The van der Waals surface area contributed by atoms with E-state index in [4.69, 9.17) is 0 Å². The first kappa shape index (κ1) is 10.1. The molecule has 0 radical (unpaired) electrons. The van der Waals surface area contributed by atoms with E-state index in [0.717, 1.165) is 11.1 Å². The van der Waals surface area contributed by atoms with Crippen molar-refractivity contribution in [2.75, 3.05) is 0 Å². The summed E-state index contributed by atoms with van der Waals surface area (Å²) in [6.45, 7) is 2.00. The standard InChI is InChI=1S/C15H13NO/c1-10-9-14(17)16(2)13-8-7-11-5-3-4-6-12(11)15(10)13/h3-9H,1-2H3. The Bertz CT molecular complexity index is 784. The number of pyridine rings is 1. The molecule has 2 nitrogen and oxygen atoms in total. The van der Waals surface area contributed by atoms with Crippen LogP contribution in [-0.4, -0.2) is 4.57 Å². The van der Waals surface area contributed by atoms with E-state index >= 15 is 0 Å². The molecule has 0 saturated carbocycles. The molecule has 1 heterocycles. The molecule has 0 bridgehead atoms. The minimum absolute atomic E-state index is 0.0466. The van der Waals surface area contributed by atoms with Gasteiger partial charge < -0.3 is 4.57 Å². The van der Waals surface area contributed by atoms with E-state index in [0.29, 0.717) is 0 Å². The van der Waals surface area contributed by atoms with Crippen molar-refractivity contribution in [1.29, 1.82) is 0 Å². The van der Waals surface area contributed by atoms with Gasteiger partial charge in [0.05, 0.1) is 5.52 Å². The molecule has 2 aromatic carbocycles. The van der Waals surface area contributed by atoms with Crippen LogP contribution in [0.2, 0.25) is 0 Å². The van der Waals surface area contributed by atoms with Crippen LogP contribution in [0.5, 0.6) is 0 Å². The van der Waals surface area contributed by atoms with Gasteiger partial charge in [0.2, 0.25) is 0 Å². The second-order valence-corrected chi connectivity index (χ2v) is 4.41. The fourth-order valence-electron chi connectivity index (χ4n) is 2.43. The molecule has 0 unspecified atom stereocenters. The highest BCUT2D eigenvalue weighted by molar-refractivity contribution is 6.07. The quantitative estimate of drug-likeness (QED) is 0.537. The number of benzene rings is 2. The zero-order valence-corrected chi connectivity index (χ0v) is 9.90. The zero-order chi connectivity index (χ0) is 12.0. The van der Waals surface area contributed by atoms with Crippen molar-refractivity contribution >= 4 is 21.7 Å². The Morgan fingerprint density at radius 3 is 2.65 bits per heavy atom. The Hall–Kier alpha value is -2.09. The first-order valence-electron chi connectivity index (χ1n) is 5.66. The molecular weight excluding hydrogens is 210 g/mol. The SMILES string of the molecule is Cc1cc(=O)n(C)c2ccc3ccccc3c12. The van der Waals surface area contributed by atoms with E-state index in [-0.39, 0.29) is 5.56 Å². The maximum absolute atomic E-state index is 11.8. The van der Waals surface area contributed by atoms with E-state index in [1.54, 1.807) is 10.6 Å². The number of nitrogens with zero attached hydrogens (tertiary/aromatic N) is 1. The molecule has 3 rings (SSSR count). The maximum atomic E-state index is 11.8. The van der Waals surface area contributed by atoms with Crippen molar-refractivity contribution in [3.05, 3.63) is 58.4 Å². The molecular formula is C15H13NO. The third kappa shape index (κ3) is 1.37. The van der Waals surface area contributed by atoms with Gasteiger partial charge in [-0.2, -0.15) is 0 Å². The number of rotatable bonds is 0. The normalized spacial score (nSPS) is 11.2. The number of fused-ring (bicyclic) bond motifs is 3. The zero-order valence-electron chi connectivity index (χ0n) is 9.90. The Balaban J connectivity index is 2.68. The highest BCUT2D eigenvalue weighted by atomic mass is 16.1. The number of aryl methyl sites for hydroxylation is 2. The largest absolute Gasteiger partial charge is 0.311 e. The Morgan fingerprint density at radius 1 is 1.06 bits per heavy atom. The van der Waals surface area contributed by atoms with Gasteiger partial charge in [-0.05, 0) is 29.3 Å². The number of hydrogen-bond donors (Lipinski definition) is 0. The van der Waals surface area contributed by atoms with Crippen LogP contribution in [0, 0.1) is 6.92 Å². The Labute approximate surface area is 99.1 Å². The van der Waals surface area contributed by atoms with E-state index < -0.39 is 0 Å². The summed E-state index contributed by atoms with van der Waals surface area (Å²) in [6, 6.07) is 14.1. The molecule has 84 valence electrons. The van der Waals surface area contributed by atoms with Gasteiger partial charge in [0.25, 0.3) is 5.56 Å². The minimum atomic E-state index is 0.0466. The lowest BCUT2D eigenvalue weighted by molar-refractivity contribution is 0.904. The van der Waals surface area contributed by atoms with Crippen LogP contribution in [0.15, 0.2) is 47.3 Å². The smallest absolute Gasteiger partial charge is 0.251 e. The van der Waals surface area contributed by atoms with E-state index in [2.05, 4.69) is 18.2 Å². The summed E-state index contributed by atoms with van der Waals surface area (Å²) in [5, 5.41) is 3.59. The third-order valence-corrected chi connectivity index (χ3v) is 3.33. The molecule has 0 aliphatic rings. The summed E-state index contributed by atoms with van der Waals surface area (Å²) in [5.74, 6) is 0. The molecule has 0 spiro atoms. The average Bonchev–Trinajstić information content (AvgIpc) is 2.35. The van der Waals surface area contributed by atoms with Crippen LogP contribution in [0.25, 0.3) is 21.7 Å². The van der Waals surface area contributed by atoms with Crippen LogP contribution >= 0.6 is 0 Å². The fraction of sp³-hybridized carbons (Fsp3) is 0.133. The second-order valence-electron chi connectivity index (χ2n) is 4.41. The first-order valence-corrected chi connectivity index (χ1v) is 5.66. The summed E-state index contributed by atoms with van der Waals surface area (Å²) >= 11 is 0. The minimum Gasteiger partial charge on any atom is -0.311 e. The van der Waals surface area contributed by atoms with Crippen molar-refractivity contribution < 1.29 is 0 Å². The van der Waals surface area contributed by atoms with Crippen LogP contribution in [0.1, 0.15) is 5.56 Å². The van der Waals surface area contributed by atoms with Gasteiger partial charge >= 0.3 is 0 Å². The molecule has 0 amide bonds. The topological polar surface area (TPSA) is 22.0 Å². The summed E-state index contributed by atoms with van der Waals surface area (Å²) in [6.07, 6.45) is 0. The lowest BCUT2D eigenvalue weighted by Crippen LogP contribution is -2.16. The van der Waals surface area contributed by atoms with E-state index in [9.17, 15) is 4.79 Å². The molecule has 3 aromatic rings.